The maximum atomic E-state index is 12.5. The normalized spacial score (nSPS) is 14.1. The number of ether oxygens (including phenoxy) is 1. The van der Waals surface area contributed by atoms with Crippen LogP contribution in [0.4, 0.5) is 5.69 Å². The van der Waals surface area contributed by atoms with Gasteiger partial charge in [0.05, 0.1) is 4.58 Å². The van der Waals surface area contributed by atoms with Crippen molar-refractivity contribution in [2.45, 2.75) is 4.58 Å². The number of hydrogen-bond acceptors (Lipinski definition) is 4. The molecule has 0 spiro atoms. The SMILES string of the molecule is O=C(Nc1ccc(Oc2ccccc2)cc1)c1ccc(C2SCCS2)cc1. The molecule has 3 aromatic rings. The summed E-state index contributed by atoms with van der Waals surface area (Å²) >= 11 is 3.93. The lowest BCUT2D eigenvalue weighted by atomic mass is 10.1. The van der Waals surface area contributed by atoms with E-state index in [1.54, 1.807) is 0 Å². The van der Waals surface area contributed by atoms with Crippen molar-refractivity contribution in [2.24, 2.45) is 0 Å². The number of benzene rings is 3. The number of thioether (sulfide) groups is 2. The van der Waals surface area contributed by atoms with Crippen LogP contribution in [0.3, 0.4) is 0 Å². The molecule has 0 atom stereocenters. The zero-order valence-corrected chi connectivity index (χ0v) is 16.3. The van der Waals surface area contributed by atoms with Gasteiger partial charge < -0.3 is 10.1 Å². The predicted molar refractivity (Wildman–Crippen MR) is 115 cm³/mol. The summed E-state index contributed by atoms with van der Waals surface area (Å²) in [4.78, 5) is 12.5. The maximum Gasteiger partial charge on any atom is 0.255 e. The van der Waals surface area contributed by atoms with Crippen LogP contribution < -0.4 is 10.1 Å². The fraction of sp³-hybridized carbons (Fsp3) is 0.136. The molecule has 3 aromatic carbocycles. The highest BCUT2D eigenvalue weighted by Crippen LogP contribution is 2.45. The average Bonchev–Trinajstić information content (AvgIpc) is 3.25. The van der Waals surface area contributed by atoms with Gasteiger partial charge in [0.25, 0.3) is 5.91 Å². The van der Waals surface area contributed by atoms with Gasteiger partial charge in [-0.15, -0.1) is 23.5 Å². The topological polar surface area (TPSA) is 38.3 Å². The van der Waals surface area contributed by atoms with E-state index in [0.717, 1.165) is 17.2 Å². The van der Waals surface area contributed by atoms with Gasteiger partial charge in [-0.1, -0.05) is 30.3 Å². The van der Waals surface area contributed by atoms with Crippen LogP contribution in [0.2, 0.25) is 0 Å². The summed E-state index contributed by atoms with van der Waals surface area (Å²) in [7, 11) is 0. The molecular weight excluding hydrogens is 374 g/mol. The van der Waals surface area contributed by atoms with Gasteiger partial charge >= 0.3 is 0 Å². The highest BCUT2D eigenvalue weighted by atomic mass is 32.2. The van der Waals surface area contributed by atoms with Gasteiger partial charge in [0.15, 0.2) is 0 Å². The first kappa shape index (κ1) is 18.0. The minimum atomic E-state index is -0.106. The van der Waals surface area contributed by atoms with Crippen LogP contribution in [0.25, 0.3) is 0 Å². The van der Waals surface area contributed by atoms with Crippen LogP contribution in [0.15, 0.2) is 78.9 Å². The Balaban J connectivity index is 1.37. The van der Waals surface area contributed by atoms with Crippen molar-refractivity contribution >= 4 is 35.1 Å². The first-order valence-corrected chi connectivity index (χ1v) is 10.9. The number of anilines is 1. The Morgan fingerprint density at radius 2 is 1.44 bits per heavy atom. The van der Waals surface area contributed by atoms with Gasteiger partial charge in [0.2, 0.25) is 0 Å². The standard InChI is InChI=1S/C22H19NO2S2/c24-21(16-6-8-17(9-7-16)22-26-14-15-27-22)23-18-10-12-20(13-11-18)25-19-4-2-1-3-5-19/h1-13,22H,14-15H2,(H,23,24). The van der Waals surface area contributed by atoms with Crippen molar-refractivity contribution in [1.82, 2.24) is 0 Å². The third kappa shape index (κ3) is 4.67. The van der Waals surface area contributed by atoms with E-state index in [9.17, 15) is 4.79 Å². The molecule has 5 heteroatoms. The van der Waals surface area contributed by atoms with Crippen molar-refractivity contribution in [3.8, 4) is 11.5 Å². The van der Waals surface area contributed by atoms with Crippen molar-refractivity contribution in [3.63, 3.8) is 0 Å². The van der Waals surface area contributed by atoms with Crippen LogP contribution >= 0.6 is 23.5 Å². The first-order valence-electron chi connectivity index (χ1n) is 8.75. The summed E-state index contributed by atoms with van der Waals surface area (Å²) in [6.07, 6.45) is 0. The minimum absolute atomic E-state index is 0.106. The Bertz CT molecular complexity index is 890. The largest absolute Gasteiger partial charge is 0.457 e. The van der Waals surface area contributed by atoms with Crippen LogP contribution in [0.1, 0.15) is 20.5 Å². The summed E-state index contributed by atoms with van der Waals surface area (Å²) in [5, 5.41) is 2.93. The average molecular weight is 394 g/mol. The van der Waals surface area contributed by atoms with E-state index < -0.39 is 0 Å². The molecule has 1 heterocycles. The molecule has 0 aromatic heterocycles. The molecule has 1 fully saturated rings. The number of para-hydroxylation sites is 1. The van der Waals surface area contributed by atoms with Gasteiger partial charge in [-0.05, 0) is 54.1 Å². The zero-order chi connectivity index (χ0) is 18.5. The molecule has 27 heavy (non-hydrogen) atoms. The Kier molecular flexibility index (Phi) is 5.70. The Hall–Kier alpha value is -2.37. The third-order valence-corrected chi connectivity index (χ3v) is 7.26. The number of nitrogens with one attached hydrogen (secondary N) is 1. The van der Waals surface area contributed by atoms with Gasteiger partial charge in [-0.3, -0.25) is 4.79 Å². The van der Waals surface area contributed by atoms with Gasteiger partial charge in [0.1, 0.15) is 11.5 Å². The quantitative estimate of drug-likeness (QED) is 0.559. The molecule has 0 saturated carbocycles. The van der Waals surface area contributed by atoms with Crippen LogP contribution in [-0.4, -0.2) is 17.4 Å². The second-order valence-electron chi connectivity index (χ2n) is 6.09. The fourth-order valence-electron chi connectivity index (χ4n) is 2.78. The van der Waals surface area contributed by atoms with Crippen LogP contribution in [0.5, 0.6) is 11.5 Å². The second-order valence-corrected chi connectivity index (χ2v) is 8.81. The molecule has 1 aliphatic rings. The van der Waals surface area contributed by atoms with Crippen molar-refractivity contribution in [1.29, 1.82) is 0 Å². The van der Waals surface area contributed by atoms with E-state index in [-0.39, 0.29) is 5.91 Å². The van der Waals surface area contributed by atoms with Crippen molar-refractivity contribution in [2.75, 3.05) is 16.8 Å². The molecule has 1 saturated heterocycles. The van der Waals surface area contributed by atoms with Crippen molar-refractivity contribution < 1.29 is 9.53 Å². The summed E-state index contributed by atoms with van der Waals surface area (Å²) in [5.74, 6) is 3.80. The molecule has 4 rings (SSSR count). The van der Waals surface area contributed by atoms with Crippen LogP contribution in [-0.2, 0) is 0 Å². The zero-order valence-electron chi connectivity index (χ0n) is 14.6. The lowest BCUT2D eigenvalue weighted by Crippen LogP contribution is -2.11. The van der Waals surface area contributed by atoms with Gasteiger partial charge in [0, 0.05) is 22.8 Å². The molecule has 1 amide bonds. The lowest BCUT2D eigenvalue weighted by molar-refractivity contribution is 0.102. The lowest BCUT2D eigenvalue weighted by Gasteiger charge is -2.10. The maximum absolute atomic E-state index is 12.5. The molecule has 0 unspecified atom stereocenters. The Labute approximate surface area is 167 Å². The first-order chi connectivity index (χ1) is 13.3. The third-order valence-electron chi connectivity index (χ3n) is 4.16. The molecule has 136 valence electrons. The summed E-state index contributed by atoms with van der Waals surface area (Å²) < 4.78 is 6.27. The smallest absolute Gasteiger partial charge is 0.255 e. The number of carbonyl (C=O) groups is 1. The van der Waals surface area contributed by atoms with Crippen molar-refractivity contribution in [3.05, 3.63) is 90.0 Å². The van der Waals surface area contributed by atoms with E-state index in [2.05, 4.69) is 17.4 Å². The second kappa shape index (κ2) is 8.55. The molecule has 0 bridgehead atoms. The van der Waals surface area contributed by atoms with Gasteiger partial charge in [-0.2, -0.15) is 0 Å². The van der Waals surface area contributed by atoms with E-state index in [1.165, 1.54) is 17.1 Å². The van der Waals surface area contributed by atoms with E-state index in [1.807, 2.05) is 90.3 Å². The summed E-state index contributed by atoms with van der Waals surface area (Å²) in [5.41, 5.74) is 2.68. The molecule has 1 N–H and O–H groups in total. The monoisotopic (exact) mass is 393 g/mol. The van der Waals surface area contributed by atoms with Crippen LogP contribution in [0, 0.1) is 0 Å². The molecule has 1 aliphatic heterocycles. The highest BCUT2D eigenvalue weighted by Gasteiger charge is 2.18. The Morgan fingerprint density at radius 3 is 2.11 bits per heavy atom. The Morgan fingerprint density at radius 1 is 0.815 bits per heavy atom. The van der Waals surface area contributed by atoms with E-state index >= 15 is 0 Å². The fourth-order valence-corrected chi connectivity index (χ4v) is 5.64. The number of carbonyl (C=O) groups excluding carboxylic acids is 1. The summed E-state index contributed by atoms with van der Waals surface area (Å²) in [6.45, 7) is 0. The van der Waals surface area contributed by atoms with E-state index in [0.29, 0.717) is 10.1 Å². The summed E-state index contributed by atoms with van der Waals surface area (Å²) in [6, 6.07) is 24.9. The minimum Gasteiger partial charge on any atom is -0.457 e. The molecule has 3 nitrogen and oxygen atoms in total. The number of hydrogen-bond donors (Lipinski definition) is 1. The highest BCUT2D eigenvalue weighted by molar-refractivity contribution is 8.19. The number of rotatable bonds is 5. The van der Waals surface area contributed by atoms with Gasteiger partial charge in [-0.25, -0.2) is 0 Å². The molecule has 0 aliphatic carbocycles. The molecular formula is C22H19NO2S2. The number of amides is 1. The molecule has 0 radical (unpaired) electrons. The van der Waals surface area contributed by atoms with E-state index in [4.69, 9.17) is 4.74 Å². The predicted octanol–water partition coefficient (Wildman–Crippen LogP) is 6.21.